The molecule has 4 rings (SSSR count). The first-order valence-electron chi connectivity index (χ1n) is 8.66. The van der Waals surface area contributed by atoms with E-state index in [1.54, 1.807) is 24.6 Å². The lowest BCUT2D eigenvalue weighted by Gasteiger charge is -2.21. The van der Waals surface area contributed by atoms with Crippen LogP contribution in [0.1, 0.15) is 40.4 Å². The molecule has 1 fully saturated rings. The number of thiazole rings is 1. The van der Waals surface area contributed by atoms with Gasteiger partial charge in [-0.3, -0.25) is 14.0 Å². The van der Waals surface area contributed by atoms with E-state index in [-0.39, 0.29) is 29.6 Å². The molecule has 0 aliphatic carbocycles. The minimum atomic E-state index is -0.689. The minimum Gasteiger partial charge on any atom is -0.427 e. The third-order valence-corrected chi connectivity index (χ3v) is 5.50. The Labute approximate surface area is 170 Å². The number of rotatable bonds is 3. The molecular formula is C18H19ClN4O4S. The minimum absolute atomic E-state index is 0. The number of hydrogen-bond donors (Lipinski definition) is 2. The number of aromatic nitrogens is 2. The zero-order valence-electron chi connectivity index (χ0n) is 15.1. The molecule has 148 valence electrons. The Hall–Kier alpha value is -2.49. The van der Waals surface area contributed by atoms with Gasteiger partial charge >= 0.3 is 5.63 Å². The topological polar surface area (TPSA) is 106 Å². The van der Waals surface area contributed by atoms with E-state index < -0.39 is 17.1 Å². The molecule has 3 aromatic rings. The fourth-order valence-electron chi connectivity index (χ4n) is 3.31. The smallest absolute Gasteiger partial charge is 0.349 e. The van der Waals surface area contributed by atoms with Gasteiger partial charge in [0.2, 0.25) is 0 Å². The van der Waals surface area contributed by atoms with Gasteiger partial charge in [-0.25, -0.2) is 9.78 Å². The second kappa shape index (κ2) is 8.26. The largest absolute Gasteiger partial charge is 0.427 e. The maximum absolute atomic E-state index is 12.6. The van der Waals surface area contributed by atoms with E-state index in [4.69, 9.17) is 4.42 Å². The molecule has 28 heavy (non-hydrogen) atoms. The molecule has 0 atom stereocenters. The molecule has 8 nitrogen and oxygen atoms in total. The van der Waals surface area contributed by atoms with Crippen molar-refractivity contribution in [3.05, 3.63) is 61.5 Å². The molecular weight excluding hydrogens is 404 g/mol. The number of hydrogen-bond acceptors (Lipinski definition) is 7. The third-order valence-electron chi connectivity index (χ3n) is 4.73. The number of aryl methyl sites for hydroxylation is 1. The summed E-state index contributed by atoms with van der Waals surface area (Å²) in [6.45, 7) is 3.44. The van der Waals surface area contributed by atoms with Gasteiger partial charge in [0.05, 0.1) is 6.20 Å². The van der Waals surface area contributed by atoms with Crippen LogP contribution in [-0.2, 0) is 0 Å². The van der Waals surface area contributed by atoms with Crippen LogP contribution in [0.4, 0.5) is 5.69 Å². The van der Waals surface area contributed by atoms with Gasteiger partial charge in [0.15, 0.2) is 4.96 Å². The average Bonchev–Trinajstić information content (AvgIpc) is 3.14. The van der Waals surface area contributed by atoms with Gasteiger partial charge in [0.1, 0.15) is 17.0 Å². The fraction of sp³-hybridized carbons (Fsp3) is 0.333. The highest BCUT2D eigenvalue weighted by Gasteiger charge is 2.23. The molecule has 1 saturated heterocycles. The number of nitrogens with zero attached hydrogens (tertiary/aromatic N) is 2. The standard InChI is InChI=1S/C18H18N4O4S.ClH/c1-10-8-13(11-2-4-19-5-3-11)26-17(25)14(10)15(23)21-12-9-20-18-22(16(12)24)6-7-27-18;/h6-9,11,19H,2-5H2,1H3,(H,21,23);1H. The number of anilines is 1. The number of carbonyl (C=O) groups excluding carboxylic acids is 1. The highest BCUT2D eigenvalue weighted by Crippen LogP contribution is 2.25. The van der Waals surface area contributed by atoms with Gasteiger partial charge in [-0.1, -0.05) is 0 Å². The lowest BCUT2D eigenvalue weighted by molar-refractivity contribution is 0.102. The lowest BCUT2D eigenvalue weighted by atomic mass is 9.94. The van der Waals surface area contributed by atoms with Crippen molar-refractivity contribution >= 4 is 40.3 Å². The van der Waals surface area contributed by atoms with Crippen LogP contribution in [0.3, 0.4) is 0 Å². The Bertz CT molecular complexity index is 1130. The van der Waals surface area contributed by atoms with E-state index in [1.165, 1.54) is 21.9 Å². The van der Waals surface area contributed by atoms with Crippen LogP contribution in [0.25, 0.3) is 4.96 Å². The van der Waals surface area contributed by atoms with Crippen LogP contribution in [0.15, 0.2) is 37.8 Å². The Kier molecular flexibility index (Phi) is 5.97. The maximum atomic E-state index is 12.6. The van der Waals surface area contributed by atoms with Crippen molar-refractivity contribution in [2.45, 2.75) is 25.7 Å². The predicted molar refractivity (Wildman–Crippen MR) is 109 cm³/mol. The van der Waals surface area contributed by atoms with E-state index in [2.05, 4.69) is 15.6 Å². The van der Waals surface area contributed by atoms with Crippen molar-refractivity contribution < 1.29 is 9.21 Å². The number of piperidine rings is 1. The SMILES string of the molecule is Cc1cc(C2CCNCC2)oc(=O)c1C(=O)Nc1cnc2sccn2c1=O.Cl. The second-order valence-corrected chi connectivity index (χ2v) is 7.38. The van der Waals surface area contributed by atoms with E-state index in [0.29, 0.717) is 16.3 Å². The summed E-state index contributed by atoms with van der Waals surface area (Å²) < 4.78 is 6.78. The molecule has 1 aliphatic rings. The quantitative estimate of drug-likeness (QED) is 0.670. The van der Waals surface area contributed by atoms with Crippen molar-refractivity contribution in [2.75, 3.05) is 18.4 Å². The van der Waals surface area contributed by atoms with Gasteiger partial charge in [-0.15, -0.1) is 23.7 Å². The van der Waals surface area contributed by atoms with Crippen molar-refractivity contribution in [2.24, 2.45) is 0 Å². The molecule has 2 N–H and O–H groups in total. The molecule has 4 heterocycles. The van der Waals surface area contributed by atoms with Crippen molar-refractivity contribution in [3.8, 4) is 0 Å². The van der Waals surface area contributed by atoms with Gasteiger partial charge in [0, 0.05) is 17.5 Å². The number of amides is 1. The Balaban J connectivity index is 0.00000225. The Morgan fingerprint density at radius 2 is 2.11 bits per heavy atom. The summed E-state index contributed by atoms with van der Waals surface area (Å²) in [5.41, 5.74) is -0.643. The first-order valence-corrected chi connectivity index (χ1v) is 9.54. The Morgan fingerprint density at radius 3 is 2.82 bits per heavy atom. The molecule has 0 spiro atoms. The number of halogens is 1. The summed E-state index contributed by atoms with van der Waals surface area (Å²) >= 11 is 1.32. The molecule has 0 radical (unpaired) electrons. The highest BCUT2D eigenvalue weighted by molar-refractivity contribution is 7.15. The van der Waals surface area contributed by atoms with Gasteiger partial charge in [-0.2, -0.15) is 0 Å². The monoisotopic (exact) mass is 422 g/mol. The van der Waals surface area contributed by atoms with Gasteiger partial charge in [-0.05, 0) is 44.5 Å². The molecule has 0 aromatic carbocycles. The number of fused-ring (bicyclic) bond motifs is 1. The zero-order chi connectivity index (χ0) is 19.0. The summed E-state index contributed by atoms with van der Waals surface area (Å²) in [5, 5.41) is 7.48. The highest BCUT2D eigenvalue weighted by atomic mass is 35.5. The third kappa shape index (κ3) is 3.73. The predicted octanol–water partition coefficient (Wildman–Crippen LogP) is 2.16. The maximum Gasteiger partial charge on any atom is 0.349 e. The van der Waals surface area contributed by atoms with E-state index in [9.17, 15) is 14.4 Å². The van der Waals surface area contributed by atoms with Crippen LogP contribution >= 0.6 is 23.7 Å². The lowest BCUT2D eigenvalue weighted by Crippen LogP contribution is -2.29. The molecule has 1 aliphatic heterocycles. The fourth-order valence-corrected chi connectivity index (χ4v) is 3.98. The van der Waals surface area contributed by atoms with Crippen LogP contribution in [-0.4, -0.2) is 28.4 Å². The first kappa shape index (κ1) is 20.2. The molecule has 0 saturated carbocycles. The summed E-state index contributed by atoms with van der Waals surface area (Å²) in [7, 11) is 0. The van der Waals surface area contributed by atoms with Gasteiger partial charge < -0.3 is 15.1 Å². The van der Waals surface area contributed by atoms with Crippen molar-refractivity contribution in [3.63, 3.8) is 0 Å². The summed E-state index contributed by atoms with van der Waals surface area (Å²) in [6.07, 6.45) is 4.65. The summed E-state index contributed by atoms with van der Waals surface area (Å²) in [5.74, 6) is 0.105. The Morgan fingerprint density at radius 1 is 1.36 bits per heavy atom. The summed E-state index contributed by atoms with van der Waals surface area (Å²) in [4.78, 5) is 42.1. The molecule has 10 heteroatoms. The molecule has 0 unspecified atom stereocenters. The molecule has 3 aromatic heterocycles. The second-order valence-electron chi connectivity index (χ2n) is 6.51. The number of carbonyl (C=O) groups is 1. The first-order chi connectivity index (χ1) is 13.0. The van der Waals surface area contributed by atoms with Crippen LogP contribution < -0.4 is 21.8 Å². The van der Waals surface area contributed by atoms with Crippen molar-refractivity contribution in [1.82, 2.24) is 14.7 Å². The number of nitrogens with one attached hydrogen (secondary N) is 2. The van der Waals surface area contributed by atoms with Gasteiger partial charge in [0.25, 0.3) is 11.5 Å². The average molecular weight is 423 g/mol. The van der Waals surface area contributed by atoms with Crippen LogP contribution in [0.2, 0.25) is 0 Å². The summed E-state index contributed by atoms with van der Waals surface area (Å²) in [6, 6.07) is 1.75. The van der Waals surface area contributed by atoms with E-state index in [1.807, 2.05) is 0 Å². The molecule has 0 bridgehead atoms. The van der Waals surface area contributed by atoms with Crippen LogP contribution in [0, 0.1) is 6.92 Å². The van der Waals surface area contributed by atoms with Crippen molar-refractivity contribution in [1.29, 1.82) is 0 Å². The zero-order valence-corrected chi connectivity index (χ0v) is 16.7. The molecule has 1 amide bonds. The van der Waals surface area contributed by atoms with E-state index in [0.717, 1.165) is 25.9 Å². The van der Waals surface area contributed by atoms with E-state index >= 15 is 0 Å². The van der Waals surface area contributed by atoms with Crippen LogP contribution in [0.5, 0.6) is 0 Å². The normalized spacial score (nSPS) is 14.6.